The Hall–Kier alpha value is -2.75. The minimum absolute atomic E-state index is 0.0188. The van der Waals surface area contributed by atoms with E-state index in [0.717, 1.165) is 12.1 Å². The number of halogens is 4. The summed E-state index contributed by atoms with van der Waals surface area (Å²) in [4.78, 5) is 20.3. The summed E-state index contributed by atoms with van der Waals surface area (Å²) >= 11 is 3.05. The zero-order chi connectivity index (χ0) is 18.7. The van der Waals surface area contributed by atoms with Gasteiger partial charge in [0.15, 0.2) is 5.82 Å². The Morgan fingerprint density at radius 3 is 2.69 bits per heavy atom. The monoisotopic (exact) mass is 425 g/mol. The summed E-state index contributed by atoms with van der Waals surface area (Å²) in [6, 6.07) is 8.55. The van der Waals surface area contributed by atoms with E-state index in [1.54, 1.807) is 24.4 Å². The van der Waals surface area contributed by atoms with E-state index < -0.39 is 17.6 Å². The van der Waals surface area contributed by atoms with Crippen molar-refractivity contribution in [2.24, 2.45) is 0 Å². The van der Waals surface area contributed by atoms with Crippen LogP contribution in [0.2, 0.25) is 0 Å². The zero-order valence-corrected chi connectivity index (χ0v) is 14.6. The molecular formula is C16H11BrF3N5O. The van der Waals surface area contributed by atoms with Crippen LogP contribution in [0.25, 0.3) is 5.82 Å². The first-order valence-corrected chi connectivity index (χ1v) is 8.10. The Balaban J connectivity index is 1.77. The molecule has 0 fully saturated rings. The molecule has 0 aliphatic carbocycles. The van der Waals surface area contributed by atoms with E-state index in [4.69, 9.17) is 0 Å². The van der Waals surface area contributed by atoms with E-state index in [2.05, 4.69) is 36.3 Å². The average Bonchev–Trinajstić information content (AvgIpc) is 3.09. The minimum Gasteiger partial charge on any atom is -0.345 e. The van der Waals surface area contributed by atoms with E-state index in [0.29, 0.717) is 11.4 Å². The van der Waals surface area contributed by atoms with Crippen molar-refractivity contribution >= 4 is 21.8 Å². The van der Waals surface area contributed by atoms with Gasteiger partial charge >= 0.3 is 6.18 Å². The van der Waals surface area contributed by atoms with Crippen molar-refractivity contribution in [3.8, 4) is 5.82 Å². The lowest BCUT2D eigenvalue weighted by atomic mass is 10.1. The second kappa shape index (κ2) is 7.24. The molecule has 3 aromatic rings. The van der Waals surface area contributed by atoms with Crippen LogP contribution in [0.3, 0.4) is 0 Å². The van der Waals surface area contributed by atoms with Crippen LogP contribution in [0.15, 0.2) is 53.4 Å². The maximum atomic E-state index is 12.9. The Kier molecular flexibility index (Phi) is 5.03. The van der Waals surface area contributed by atoms with E-state index in [9.17, 15) is 18.0 Å². The van der Waals surface area contributed by atoms with Crippen LogP contribution in [-0.2, 0) is 12.7 Å². The van der Waals surface area contributed by atoms with Crippen molar-refractivity contribution < 1.29 is 18.0 Å². The summed E-state index contributed by atoms with van der Waals surface area (Å²) in [5.41, 5.74) is -0.503. The van der Waals surface area contributed by atoms with Gasteiger partial charge in [0.2, 0.25) is 5.82 Å². The summed E-state index contributed by atoms with van der Waals surface area (Å²) in [6.07, 6.45) is -1.73. The number of aromatic nitrogens is 4. The lowest BCUT2D eigenvalue weighted by Gasteiger charge is -2.11. The molecule has 1 N–H and O–H groups in total. The van der Waals surface area contributed by atoms with Gasteiger partial charge in [-0.3, -0.25) is 4.79 Å². The predicted octanol–water partition coefficient (Wildman–Crippen LogP) is 3.37. The number of nitrogens with zero attached hydrogens (tertiary/aromatic N) is 4. The molecule has 2 heterocycles. The molecule has 0 saturated heterocycles. The third-order valence-electron chi connectivity index (χ3n) is 3.36. The van der Waals surface area contributed by atoms with Crippen LogP contribution in [0.4, 0.5) is 13.2 Å². The zero-order valence-electron chi connectivity index (χ0n) is 13.0. The number of pyridine rings is 1. The van der Waals surface area contributed by atoms with Crippen LogP contribution in [-0.4, -0.2) is 25.7 Å². The predicted molar refractivity (Wildman–Crippen MR) is 89.5 cm³/mol. The molecule has 10 heteroatoms. The molecule has 0 spiro atoms. The summed E-state index contributed by atoms with van der Waals surface area (Å²) in [7, 11) is 0. The number of carbonyl (C=O) groups excluding carboxylic acids is 1. The molecule has 0 atom stereocenters. The molecule has 0 radical (unpaired) electrons. The average molecular weight is 426 g/mol. The van der Waals surface area contributed by atoms with E-state index in [1.165, 1.54) is 17.1 Å². The lowest BCUT2D eigenvalue weighted by Crippen LogP contribution is -2.26. The largest absolute Gasteiger partial charge is 0.416 e. The highest BCUT2D eigenvalue weighted by molar-refractivity contribution is 9.10. The van der Waals surface area contributed by atoms with Gasteiger partial charge in [-0.1, -0.05) is 22.0 Å². The number of carbonyl (C=O) groups is 1. The van der Waals surface area contributed by atoms with Crippen LogP contribution in [0.5, 0.6) is 0 Å². The van der Waals surface area contributed by atoms with Gasteiger partial charge in [-0.05, 0) is 35.9 Å². The van der Waals surface area contributed by atoms with Gasteiger partial charge in [0.1, 0.15) is 6.33 Å². The SMILES string of the molecule is O=C(NCc1cc(Br)cc(C(F)(F)F)c1)c1ncnn1-c1ccccn1. The van der Waals surface area contributed by atoms with Gasteiger partial charge in [0.25, 0.3) is 5.91 Å². The van der Waals surface area contributed by atoms with Crippen molar-refractivity contribution in [3.63, 3.8) is 0 Å². The third-order valence-corrected chi connectivity index (χ3v) is 3.81. The Labute approximate surface area is 154 Å². The van der Waals surface area contributed by atoms with Crippen LogP contribution in [0, 0.1) is 0 Å². The Morgan fingerprint density at radius 1 is 1.19 bits per heavy atom. The first-order chi connectivity index (χ1) is 12.3. The molecule has 2 aromatic heterocycles. The minimum atomic E-state index is -4.47. The van der Waals surface area contributed by atoms with E-state index >= 15 is 0 Å². The fraction of sp³-hybridized carbons (Fsp3) is 0.125. The summed E-state index contributed by atoms with van der Waals surface area (Å²) in [5, 5.41) is 6.49. The standard InChI is InChI=1S/C16H11BrF3N5O/c17-12-6-10(5-11(7-12)16(18,19)20)8-22-15(26)14-23-9-24-25(14)13-3-1-2-4-21-13/h1-7,9H,8H2,(H,22,26). The van der Waals surface area contributed by atoms with Crippen LogP contribution < -0.4 is 5.32 Å². The molecule has 0 bridgehead atoms. The summed E-state index contributed by atoms with van der Waals surface area (Å²) < 4.78 is 40.1. The first-order valence-electron chi connectivity index (χ1n) is 7.31. The maximum Gasteiger partial charge on any atom is 0.416 e. The second-order valence-electron chi connectivity index (χ2n) is 5.21. The first kappa shape index (κ1) is 18.1. The van der Waals surface area contributed by atoms with Crippen molar-refractivity contribution in [1.82, 2.24) is 25.1 Å². The molecular weight excluding hydrogens is 415 g/mol. The van der Waals surface area contributed by atoms with Gasteiger partial charge in [-0.2, -0.15) is 23.0 Å². The molecule has 6 nitrogen and oxygen atoms in total. The Bertz CT molecular complexity index is 927. The summed E-state index contributed by atoms with van der Waals surface area (Å²) in [5.74, 6) is -0.201. The van der Waals surface area contributed by atoms with Crippen molar-refractivity contribution in [2.45, 2.75) is 12.7 Å². The van der Waals surface area contributed by atoms with Crippen molar-refractivity contribution in [3.05, 3.63) is 70.3 Å². The fourth-order valence-electron chi connectivity index (χ4n) is 2.22. The summed E-state index contributed by atoms with van der Waals surface area (Å²) in [6.45, 7) is -0.101. The molecule has 3 rings (SSSR count). The molecule has 0 aliphatic heterocycles. The highest BCUT2D eigenvalue weighted by Crippen LogP contribution is 2.32. The molecule has 134 valence electrons. The normalized spacial score (nSPS) is 11.4. The molecule has 26 heavy (non-hydrogen) atoms. The third kappa shape index (κ3) is 4.07. The number of hydrogen-bond acceptors (Lipinski definition) is 4. The quantitative estimate of drug-likeness (QED) is 0.695. The number of nitrogens with one attached hydrogen (secondary N) is 1. The van der Waals surface area contributed by atoms with Gasteiger partial charge in [0, 0.05) is 17.2 Å². The van der Waals surface area contributed by atoms with Gasteiger partial charge in [-0.25, -0.2) is 9.97 Å². The van der Waals surface area contributed by atoms with Crippen LogP contribution in [0.1, 0.15) is 21.7 Å². The number of amides is 1. The number of rotatable bonds is 4. The molecule has 0 unspecified atom stereocenters. The molecule has 0 saturated carbocycles. The second-order valence-corrected chi connectivity index (χ2v) is 6.13. The number of alkyl halides is 3. The number of benzene rings is 1. The Morgan fingerprint density at radius 2 is 2.00 bits per heavy atom. The highest BCUT2D eigenvalue weighted by atomic mass is 79.9. The molecule has 1 amide bonds. The van der Waals surface area contributed by atoms with E-state index in [1.807, 2.05) is 0 Å². The topological polar surface area (TPSA) is 72.7 Å². The van der Waals surface area contributed by atoms with Crippen LogP contribution >= 0.6 is 15.9 Å². The van der Waals surface area contributed by atoms with Gasteiger partial charge < -0.3 is 5.32 Å². The van der Waals surface area contributed by atoms with Crippen molar-refractivity contribution in [1.29, 1.82) is 0 Å². The highest BCUT2D eigenvalue weighted by Gasteiger charge is 2.31. The fourth-order valence-corrected chi connectivity index (χ4v) is 2.76. The smallest absolute Gasteiger partial charge is 0.345 e. The van der Waals surface area contributed by atoms with E-state index in [-0.39, 0.29) is 16.8 Å². The molecule has 0 aliphatic rings. The number of hydrogen-bond donors (Lipinski definition) is 1. The van der Waals surface area contributed by atoms with Gasteiger partial charge in [0.05, 0.1) is 5.56 Å². The lowest BCUT2D eigenvalue weighted by molar-refractivity contribution is -0.137. The van der Waals surface area contributed by atoms with Crippen molar-refractivity contribution in [2.75, 3.05) is 0 Å². The molecule has 1 aromatic carbocycles. The van der Waals surface area contributed by atoms with Gasteiger partial charge in [-0.15, -0.1) is 0 Å². The maximum absolute atomic E-state index is 12.9.